The minimum absolute atomic E-state index is 0.0203. The molecule has 0 atom stereocenters. The first-order valence-corrected chi connectivity index (χ1v) is 7.80. The molecule has 0 aromatic heterocycles. The summed E-state index contributed by atoms with van der Waals surface area (Å²) in [5.74, 6) is -0.144. The van der Waals surface area contributed by atoms with Gasteiger partial charge in [0.15, 0.2) is 0 Å². The maximum Gasteiger partial charge on any atom is 0.257 e. The van der Waals surface area contributed by atoms with Crippen LogP contribution in [0, 0.1) is 0 Å². The molecule has 1 N–H and O–H groups in total. The van der Waals surface area contributed by atoms with Crippen LogP contribution in [0.15, 0.2) is 60.7 Å². The predicted molar refractivity (Wildman–Crippen MR) is 93.7 cm³/mol. The molecular formula is C20H23NO2. The average molecular weight is 309 g/mol. The zero-order valence-electron chi connectivity index (χ0n) is 13.7. The average Bonchev–Trinajstić information content (AvgIpc) is 2.54. The molecule has 1 amide bonds. The molecule has 0 spiro atoms. The summed E-state index contributed by atoms with van der Waals surface area (Å²) in [6.07, 6.45) is 0.730. The van der Waals surface area contributed by atoms with Crippen LogP contribution in [0.3, 0.4) is 0 Å². The number of hydrogen-bond donors (Lipinski definition) is 1. The number of phenolic OH excluding ortho intramolecular Hbond substituents is 1. The molecule has 3 heteroatoms. The van der Waals surface area contributed by atoms with E-state index in [0.717, 1.165) is 17.6 Å². The Hall–Kier alpha value is -2.55. The molecule has 0 fully saturated rings. The highest BCUT2D eigenvalue weighted by Gasteiger charge is 2.18. The Kier molecular flexibility index (Phi) is 5.58. The van der Waals surface area contributed by atoms with E-state index in [-0.39, 0.29) is 11.7 Å². The quantitative estimate of drug-likeness (QED) is 0.819. The first-order chi connectivity index (χ1) is 11.0. The molecule has 2 rings (SSSR count). The maximum atomic E-state index is 12.7. The Labute approximate surface area is 137 Å². The first-order valence-electron chi connectivity index (χ1n) is 7.80. The normalized spacial score (nSPS) is 10.3. The van der Waals surface area contributed by atoms with Crippen LogP contribution in [-0.2, 0) is 6.42 Å². The highest BCUT2D eigenvalue weighted by Crippen LogP contribution is 2.22. The van der Waals surface area contributed by atoms with E-state index in [1.54, 1.807) is 17.0 Å². The molecular weight excluding hydrogens is 286 g/mol. The zero-order valence-corrected chi connectivity index (χ0v) is 13.7. The number of carbonyl (C=O) groups excluding carboxylic acids is 1. The highest BCUT2D eigenvalue weighted by atomic mass is 16.3. The smallest absolute Gasteiger partial charge is 0.257 e. The van der Waals surface area contributed by atoms with Crippen molar-refractivity contribution in [3.8, 4) is 5.75 Å². The molecule has 2 aromatic rings. The zero-order chi connectivity index (χ0) is 16.8. The van der Waals surface area contributed by atoms with Gasteiger partial charge in [0.05, 0.1) is 5.56 Å². The second-order valence-corrected chi connectivity index (χ2v) is 5.79. The second kappa shape index (κ2) is 7.63. The summed E-state index contributed by atoms with van der Waals surface area (Å²) in [5.41, 5.74) is 3.44. The van der Waals surface area contributed by atoms with E-state index in [2.05, 4.69) is 6.58 Å². The number of nitrogens with zero attached hydrogens (tertiary/aromatic N) is 1. The highest BCUT2D eigenvalue weighted by molar-refractivity contribution is 5.97. The third kappa shape index (κ3) is 4.46. The summed E-state index contributed by atoms with van der Waals surface area (Å²) >= 11 is 0. The molecule has 2 aromatic carbocycles. The predicted octanol–water partition coefficient (Wildman–Crippen LogP) is 4.02. The lowest BCUT2D eigenvalue weighted by molar-refractivity contribution is 0.0775. The SMILES string of the molecule is C=C(C)CN(CC)C(=O)c1cc(Cc2ccccc2)ccc1O. The van der Waals surface area contributed by atoms with Crippen molar-refractivity contribution < 1.29 is 9.90 Å². The molecule has 0 unspecified atom stereocenters. The lowest BCUT2D eigenvalue weighted by atomic mass is 10.0. The maximum absolute atomic E-state index is 12.7. The fourth-order valence-corrected chi connectivity index (χ4v) is 2.52. The fraction of sp³-hybridized carbons (Fsp3) is 0.250. The van der Waals surface area contributed by atoms with Crippen molar-refractivity contribution in [2.24, 2.45) is 0 Å². The minimum atomic E-state index is -0.164. The monoisotopic (exact) mass is 309 g/mol. The van der Waals surface area contributed by atoms with Gasteiger partial charge in [-0.2, -0.15) is 0 Å². The van der Waals surface area contributed by atoms with Gasteiger partial charge in [-0.3, -0.25) is 4.79 Å². The van der Waals surface area contributed by atoms with E-state index in [4.69, 9.17) is 0 Å². The van der Waals surface area contributed by atoms with Crippen LogP contribution in [0.2, 0.25) is 0 Å². The molecule has 0 bridgehead atoms. The van der Waals surface area contributed by atoms with Crippen molar-refractivity contribution >= 4 is 5.91 Å². The largest absolute Gasteiger partial charge is 0.507 e. The summed E-state index contributed by atoms with van der Waals surface area (Å²) in [4.78, 5) is 14.3. The Morgan fingerprint density at radius 2 is 1.83 bits per heavy atom. The fourth-order valence-electron chi connectivity index (χ4n) is 2.52. The van der Waals surface area contributed by atoms with Gasteiger partial charge in [0.25, 0.3) is 5.91 Å². The van der Waals surface area contributed by atoms with Crippen molar-refractivity contribution in [2.75, 3.05) is 13.1 Å². The van der Waals surface area contributed by atoms with Gasteiger partial charge in [0.2, 0.25) is 0 Å². The van der Waals surface area contributed by atoms with Crippen LogP contribution >= 0.6 is 0 Å². The standard InChI is InChI=1S/C20H23NO2/c1-4-21(14-15(2)3)20(23)18-13-17(10-11-19(18)22)12-16-8-6-5-7-9-16/h5-11,13,22H,2,4,12,14H2,1,3H3. The summed E-state index contributed by atoms with van der Waals surface area (Å²) in [5, 5.41) is 10.1. The van der Waals surface area contributed by atoms with E-state index in [0.29, 0.717) is 18.7 Å². The van der Waals surface area contributed by atoms with Gasteiger partial charge < -0.3 is 10.0 Å². The molecule has 0 radical (unpaired) electrons. The van der Waals surface area contributed by atoms with Gasteiger partial charge in [0, 0.05) is 13.1 Å². The van der Waals surface area contributed by atoms with Crippen LogP contribution in [0.4, 0.5) is 0 Å². The Morgan fingerprint density at radius 1 is 1.13 bits per heavy atom. The number of hydrogen-bond acceptors (Lipinski definition) is 2. The van der Waals surface area contributed by atoms with Gasteiger partial charge in [-0.25, -0.2) is 0 Å². The van der Waals surface area contributed by atoms with E-state index < -0.39 is 0 Å². The van der Waals surface area contributed by atoms with Gasteiger partial charge in [-0.15, -0.1) is 0 Å². The third-order valence-corrected chi connectivity index (χ3v) is 3.67. The number of carbonyl (C=O) groups is 1. The molecule has 0 aliphatic heterocycles. The van der Waals surface area contributed by atoms with Crippen molar-refractivity contribution in [1.82, 2.24) is 4.90 Å². The van der Waals surface area contributed by atoms with Crippen LogP contribution in [0.25, 0.3) is 0 Å². The molecule has 0 aliphatic carbocycles. The molecule has 0 heterocycles. The van der Waals surface area contributed by atoms with Crippen LogP contribution < -0.4 is 0 Å². The molecule has 120 valence electrons. The van der Waals surface area contributed by atoms with Crippen molar-refractivity contribution in [2.45, 2.75) is 20.3 Å². The van der Waals surface area contributed by atoms with E-state index in [1.807, 2.05) is 50.2 Å². The van der Waals surface area contributed by atoms with Gasteiger partial charge in [-0.1, -0.05) is 48.6 Å². The Balaban J connectivity index is 2.26. The topological polar surface area (TPSA) is 40.5 Å². The Bertz CT molecular complexity index is 692. The van der Waals surface area contributed by atoms with Gasteiger partial charge in [0.1, 0.15) is 5.75 Å². The molecule has 3 nitrogen and oxygen atoms in total. The van der Waals surface area contributed by atoms with E-state index in [1.165, 1.54) is 5.56 Å². The van der Waals surface area contributed by atoms with Crippen LogP contribution in [-0.4, -0.2) is 29.0 Å². The van der Waals surface area contributed by atoms with E-state index >= 15 is 0 Å². The summed E-state index contributed by atoms with van der Waals surface area (Å²) in [6, 6.07) is 15.3. The summed E-state index contributed by atoms with van der Waals surface area (Å²) < 4.78 is 0. The minimum Gasteiger partial charge on any atom is -0.507 e. The lowest BCUT2D eigenvalue weighted by Crippen LogP contribution is -2.32. The number of aromatic hydroxyl groups is 1. The Morgan fingerprint density at radius 3 is 2.43 bits per heavy atom. The molecule has 0 saturated carbocycles. The third-order valence-electron chi connectivity index (χ3n) is 3.67. The molecule has 0 aliphatic rings. The number of likely N-dealkylation sites (N-methyl/N-ethyl adjacent to an activating group) is 1. The van der Waals surface area contributed by atoms with Crippen LogP contribution in [0.1, 0.15) is 35.3 Å². The van der Waals surface area contributed by atoms with Crippen molar-refractivity contribution in [3.05, 3.63) is 77.4 Å². The van der Waals surface area contributed by atoms with Crippen molar-refractivity contribution in [1.29, 1.82) is 0 Å². The molecule has 0 saturated heterocycles. The van der Waals surface area contributed by atoms with Gasteiger partial charge >= 0.3 is 0 Å². The number of benzene rings is 2. The van der Waals surface area contributed by atoms with Crippen molar-refractivity contribution in [3.63, 3.8) is 0 Å². The number of phenols is 1. The van der Waals surface area contributed by atoms with Gasteiger partial charge in [-0.05, 0) is 43.5 Å². The lowest BCUT2D eigenvalue weighted by Gasteiger charge is -2.21. The van der Waals surface area contributed by atoms with E-state index in [9.17, 15) is 9.90 Å². The summed E-state index contributed by atoms with van der Waals surface area (Å²) in [6.45, 7) is 8.75. The first kappa shape index (κ1) is 16.8. The number of rotatable bonds is 6. The van der Waals surface area contributed by atoms with Crippen LogP contribution in [0.5, 0.6) is 5.75 Å². The molecule has 23 heavy (non-hydrogen) atoms. The summed E-state index contributed by atoms with van der Waals surface area (Å²) in [7, 11) is 0. The second-order valence-electron chi connectivity index (χ2n) is 5.79. The number of amides is 1.